The Bertz CT molecular complexity index is 2910. The highest BCUT2D eigenvalue weighted by molar-refractivity contribution is 6.13. The Labute approximate surface area is 319 Å². The number of rotatable bonds is 7. The van der Waals surface area contributed by atoms with Crippen molar-refractivity contribution in [3.05, 3.63) is 200 Å². The fourth-order valence-electron chi connectivity index (χ4n) is 7.40. The van der Waals surface area contributed by atoms with Gasteiger partial charge in [-0.3, -0.25) is 0 Å². The van der Waals surface area contributed by atoms with Crippen LogP contribution in [0.1, 0.15) is 0 Å². The van der Waals surface area contributed by atoms with Gasteiger partial charge < -0.3 is 4.42 Å². The molecule has 0 unspecified atom stereocenters. The van der Waals surface area contributed by atoms with Gasteiger partial charge in [-0.15, -0.1) is 0 Å². The van der Waals surface area contributed by atoms with Crippen LogP contribution in [0.15, 0.2) is 205 Å². The molecule has 10 aromatic rings. The van der Waals surface area contributed by atoms with Gasteiger partial charge in [0.05, 0.1) is 0 Å². The average molecular weight is 704 g/mol. The van der Waals surface area contributed by atoms with Crippen molar-refractivity contribution in [1.29, 1.82) is 0 Å². The van der Waals surface area contributed by atoms with Crippen LogP contribution in [0.4, 0.5) is 0 Å². The molecule has 4 nitrogen and oxygen atoms in total. The molecule has 0 atom stereocenters. The van der Waals surface area contributed by atoms with Crippen LogP contribution in [-0.4, -0.2) is 15.0 Å². The van der Waals surface area contributed by atoms with Crippen molar-refractivity contribution in [3.63, 3.8) is 0 Å². The zero-order valence-electron chi connectivity index (χ0n) is 29.8. The quantitative estimate of drug-likeness (QED) is 0.166. The van der Waals surface area contributed by atoms with Crippen LogP contribution in [0.2, 0.25) is 0 Å². The van der Waals surface area contributed by atoms with Crippen LogP contribution >= 0.6 is 0 Å². The monoisotopic (exact) mass is 703 g/mol. The lowest BCUT2D eigenvalue weighted by Crippen LogP contribution is -2.00. The van der Waals surface area contributed by atoms with Crippen molar-refractivity contribution in [2.45, 2.75) is 0 Å². The molecule has 258 valence electrons. The molecule has 8 aromatic carbocycles. The van der Waals surface area contributed by atoms with E-state index in [0.717, 1.165) is 60.9 Å². The molecule has 0 fully saturated rings. The van der Waals surface area contributed by atoms with E-state index in [1.807, 2.05) is 66.7 Å². The van der Waals surface area contributed by atoms with Crippen molar-refractivity contribution in [1.82, 2.24) is 15.0 Å². The van der Waals surface area contributed by atoms with Gasteiger partial charge in [-0.05, 0) is 80.9 Å². The highest BCUT2D eigenvalue weighted by Crippen LogP contribution is 2.40. The second-order valence-corrected chi connectivity index (χ2v) is 13.6. The molecule has 0 aliphatic carbocycles. The average Bonchev–Trinajstić information content (AvgIpc) is 3.66. The number of hydrogen-bond donors (Lipinski definition) is 0. The number of fused-ring (bicyclic) bond motifs is 3. The fourth-order valence-corrected chi connectivity index (χ4v) is 7.40. The molecular formula is C51H33N3O. The molecule has 0 N–H and O–H groups in total. The molecule has 0 bridgehead atoms. The summed E-state index contributed by atoms with van der Waals surface area (Å²) >= 11 is 0. The second-order valence-electron chi connectivity index (χ2n) is 13.6. The normalized spacial score (nSPS) is 11.3. The molecule has 0 aliphatic heterocycles. The van der Waals surface area contributed by atoms with E-state index in [1.54, 1.807) is 0 Å². The lowest BCUT2D eigenvalue weighted by Gasteiger charge is -2.10. The zero-order chi connectivity index (χ0) is 36.6. The summed E-state index contributed by atoms with van der Waals surface area (Å²) in [7, 11) is 0. The molecule has 55 heavy (non-hydrogen) atoms. The van der Waals surface area contributed by atoms with Gasteiger partial charge in [-0.1, -0.05) is 164 Å². The Morgan fingerprint density at radius 3 is 1.27 bits per heavy atom. The summed E-state index contributed by atoms with van der Waals surface area (Å²) in [5, 5.41) is 2.15. The molecule has 0 saturated carbocycles. The molecule has 0 aliphatic rings. The van der Waals surface area contributed by atoms with E-state index in [4.69, 9.17) is 19.4 Å². The van der Waals surface area contributed by atoms with Crippen molar-refractivity contribution in [2.75, 3.05) is 0 Å². The van der Waals surface area contributed by atoms with E-state index in [0.29, 0.717) is 17.5 Å². The lowest BCUT2D eigenvalue weighted by molar-refractivity contribution is 0.669. The molecule has 0 amide bonds. The van der Waals surface area contributed by atoms with Crippen LogP contribution in [0, 0.1) is 0 Å². The highest BCUT2D eigenvalue weighted by Gasteiger charge is 2.17. The van der Waals surface area contributed by atoms with Gasteiger partial charge >= 0.3 is 0 Å². The number of aromatic nitrogens is 3. The smallest absolute Gasteiger partial charge is 0.164 e. The first kappa shape index (κ1) is 32.2. The first-order chi connectivity index (χ1) is 27.2. The van der Waals surface area contributed by atoms with E-state index in [1.165, 1.54) is 22.3 Å². The Morgan fingerprint density at radius 2 is 0.691 bits per heavy atom. The maximum absolute atomic E-state index is 6.47. The van der Waals surface area contributed by atoms with Crippen LogP contribution in [-0.2, 0) is 0 Å². The largest absolute Gasteiger partial charge is 0.456 e. The minimum atomic E-state index is 0.621. The second kappa shape index (κ2) is 13.8. The first-order valence-electron chi connectivity index (χ1n) is 18.4. The molecule has 0 spiro atoms. The van der Waals surface area contributed by atoms with Gasteiger partial charge in [-0.25, -0.2) is 15.0 Å². The van der Waals surface area contributed by atoms with Gasteiger partial charge in [0.1, 0.15) is 11.2 Å². The van der Waals surface area contributed by atoms with E-state index in [2.05, 4.69) is 133 Å². The SMILES string of the molecule is c1ccc(-c2cccc(-c3cccc(-c4ccc5oc6cccc(-c7cccc(-c8nc(-c9ccccc9)nc(-c9ccccc9)n8)c7)c6c5c4)c3)c2)cc1. The van der Waals surface area contributed by atoms with Crippen LogP contribution in [0.25, 0.3) is 101 Å². The van der Waals surface area contributed by atoms with Crippen LogP contribution < -0.4 is 0 Å². The molecule has 2 heterocycles. The Morgan fingerprint density at radius 1 is 0.273 bits per heavy atom. The van der Waals surface area contributed by atoms with Crippen LogP contribution in [0.3, 0.4) is 0 Å². The van der Waals surface area contributed by atoms with Gasteiger partial charge in [0, 0.05) is 27.5 Å². The predicted molar refractivity (Wildman–Crippen MR) is 225 cm³/mol. The minimum absolute atomic E-state index is 0.621. The van der Waals surface area contributed by atoms with Gasteiger partial charge in [0.2, 0.25) is 0 Å². The number of nitrogens with zero attached hydrogens (tertiary/aromatic N) is 3. The van der Waals surface area contributed by atoms with Crippen molar-refractivity contribution >= 4 is 21.9 Å². The summed E-state index contributed by atoms with van der Waals surface area (Å²) in [6.07, 6.45) is 0. The summed E-state index contributed by atoms with van der Waals surface area (Å²) < 4.78 is 6.47. The minimum Gasteiger partial charge on any atom is -0.456 e. The zero-order valence-corrected chi connectivity index (χ0v) is 29.8. The topological polar surface area (TPSA) is 51.8 Å². The number of hydrogen-bond acceptors (Lipinski definition) is 4. The lowest BCUT2D eigenvalue weighted by atomic mass is 9.94. The first-order valence-corrected chi connectivity index (χ1v) is 18.4. The summed E-state index contributed by atoms with van der Waals surface area (Å²) in [5.41, 5.74) is 13.7. The molecule has 2 aromatic heterocycles. The van der Waals surface area contributed by atoms with E-state index < -0.39 is 0 Å². The number of benzene rings is 8. The number of furan rings is 1. The van der Waals surface area contributed by atoms with Gasteiger partial charge in [0.25, 0.3) is 0 Å². The van der Waals surface area contributed by atoms with Crippen molar-refractivity contribution in [3.8, 4) is 78.7 Å². The van der Waals surface area contributed by atoms with Crippen molar-refractivity contribution in [2.24, 2.45) is 0 Å². The van der Waals surface area contributed by atoms with E-state index in [9.17, 15) is 0 Å². The van der Waals surface area contributed by atoms with Crippen molar-refractivity contribution < 1.29 is 4.42 Å². The molecule has 10 rings (SSSR count). The highest BCUT2D eigenvalue weighted by atomic mass is 16.3. The van der Waals surface area contributed by atoms with Gasteiger partial charge in [-0.2, -0.15) is 0 Å². The Hall–Kier alpha value is -7.43. The third-order valence-corrected chi connectivity index (χ3v) is 10.1. The standard InChI is InChI=1S/C51H33N3O/c1-4-14-34(15-5-1)37-20-10-21-38(30-37)39-22-11-23-40(31-39)41-28-29-46-45(33-41)48-44(26-13-27-47(48)55-46)42-24-12-25-43(32-42)51-53-49(35-16-6-2-7-17-35)52-50(54-51)36-18-8-3-9-19-36/h1-33H. The van der Waals surface area contributed by atoms with Gasteiger partial charge in [0.15, 0.2) is 17.5 Å². The summed E-state index contributed by atoms with van der Waals surface area (Å²) in [5.74, 6) is 1.90. The molecule has 4 heteroatoms. The summed E-state index contributed by atoms with van der Waals surface area (Å²) in [6, 6.07) is 69.4. The van der Waals surface area contributed by atoms with Crippen LogP contribution in [0.5, 0.6) is 0 Å². The maximum Gasteiger partial charge on any atom is 0.164 e. The van der Waals surface area contributed by atoms with E-state index >= 15 is 0 Å². The third-order valence-electron chi connectivity index (χ3n) is 10.1. The molecule has 0 radical (unpaired) electrons. The van der Waals surface area contributed by atoms with E-state index in [-0.39, 0.29) is 0 Å². The predicted octanol–water partition coefficient (Wildman–Crippen LogP) is 13.4. The molecule has 0 saturated heterocycles. The fraction of sp³-hybridized carbons (Fsp3) is 0. The summed E-state index contributed by atoms with van der Waals surface area (Å²) in [6.45, 7) is 0. The molecular weight excluding hydrogens is 671 g/mol. The summed E-state index contributed by atoms with van der Waals surface area (Å²) in [4.78, 5) is 14.9. The Kier molecular flexibility index (Phi) is 8.12. The Balaban J connectivity index is 1.05. The maximum atomic E-state index is 6.47. The third kappa shape index (κ3) is 6.26.